The minimum Gasteiger partial charge on any atom is -0.351 e. The van der Waals surface area contributed by atoms with Gasteiger partial charge < -0.3 is 14.8 Å². The minimum atomic E-state index is -0.0153. The number of halogens is 1. The Kier molecular flexibility index (Phi) is 5.49. The molecule has 0 bridgehead atoms. The monoisotopic (exact) mass is 468 g/mol. The lowest BCUT2D eigenvalue weighted by Crippen LogP contribution is -2.29. The third-order valence-corrected chi connectivity index (χ3v) is 6.97. The van der Waals surface area contributed by atoms with Crippen LogP contribution in [0, 0.1) is 20.8 Å². The zero-order valence-electron chi connectivity index (χ0n) is 17.1. The van der Waals surface area contributed by atoms with Gasteiger partial charge in [-0.2, -0.15) is 0 Å². The number of nitrogens with one attached hydrogen (secondary N) is 1. The van der Waals surface area contributed by atoms with Crippen LogP contribution in [0.1, 0.15) is 47.2 Å². The van der Waals surface area contributed by atoms with Crippen LogP contribution < -0.4 is 10.2 Å². The first kappa shape index (κ1) is 20.1. The van der Waals surface area contributed by atoms with E-state index < -0.39 is 0 Å². The van der Waals surface area contributed by atoms with Gasteiger partial charge in [-0.3, -0.25) is 4.98 Å². The van der Waals surface area contributed by atoms with Gasteiger partial charge in [-0.05, 0) is 87.4 Å². The molecule has 1 aliphatic heterocycles. The van der Waals surface area contributed by atoms with Crippen molar-refractivity contribution in [1.29, 1.82) is 0 Å². The van der Waals surface area contributed by atoms with E-state index >= 15 is 0 Å². The molecule has 0 amide bonds. The van der Waals surface area contributed by atoms with E-state index in [4.69, 9.17) is 12.2 Å². The molecule has 1 aliphatic rings. The first-order valence-electron chi connectivity index (χ1n) is 9.85. The van der Waals surface area contributed by atoms with Crippen LogP contribution in [0.5, 0.6) is 0 Å². The maximum atomic E-state index is 5.83. The predicted octanol–water partition coefficient (Wildman–Crippen LogP) is 5.77. The van der Waals surface area contributed by atoms with Gasteiger partial charge in [0.1, 0.15) is 0 Å². The molecule has 2 atom stereocenters. The number of hydrogen-bond acceptors (Lipinski definition) is 2. The molecule has 0 spiro atoms. The summed E-state index contributed by atoms with van der Waals surface area (Å²) in [5.41, 5.74) is 7.11. The van der Waals surface area contributed by atoms with Crippen molar-refractivity contribution in [1.82, 2.24) is 14.9 Å². The second-order valence-corrected chi connectivity index (χ2v) is 8.74. The summed E-state index contributed by atoms with van der Waals surface area (Å²) < 4.78 is 3.46. The molecule has 0 saturated carbocycles. The van der Waals surface area contributed by atoms with Gasteiger partial charge in [-0.1, -0.05) is 22.0 Å². The molecule has 1 N–H and O–H groups in total. The van der Waals surface area contributed by atoms with Crippen LogP contribution in [0.3, 0.4) is 0 Å². The fourth-order valence-electron chi connectivity index (χ4n) is 4.34. The van der Waals surface area contributed by atoms with Crippen LogP contribution in [-0.2, 0) is 6.54 Å². The zero-order valence-corrected chi connectivity index (χ0v) is 19.5. The topological polar surface area (TPSA) is 33.1 Å². The van der Waals surface area contributed by atoms with Crippen LogP contribution in [0.4, 0.5) is 5.69 Å². The highest BCUT2D eigenvalue weighted by Crippen LogP contribution is 2.43. The van der Waals surface area contributed by atoms with Crippen molar-refractivity contribution < 1.29 is 0 Å². The lowest BCUT2D eigenvalue weighted by Gasteiger charge is -2.28. The quantitative estimate of drug-likeness (QED) is 0.492. The summed E-state index contributed by atoms with van der Waals surface area (Å²) in [7, 11) is 0. The zero-order chi connectivity index (χ0) is 20.7. The van der Waals surface area contributed by atoms with Crippen LogP contribution >= 0.6 is 28.1 Å². The Morgan fingerprint density at radius 3 is 2.55 bits per heavy atom. The van der Waals surface area contributed by atoms with Crippen molar-refractivity contribution in [2.24, 2.45) is 0 Å². The lowest BCUT2D eigenvalue weighted by atomic mass is 9.96. The molecule has 3 heterocycles. The lowest BCUT2D eigenvalue weighted by molar-refractivity contribution is 0.563. The number of nitrogens with zero attached hydrogens (tertiary/aromatic N) is 3. The first-order valence-corrected chi connectivity index (χ1v) is 11.1. The van der Waals surface area contributed by atoms with Gasteiger partial charge in [0.05, 0.1) is 17.8 Å². The third-order valence-electron chi connectivity index (χ3n) is 5.77. The number of aryl methyl sites for hydroxylation is 2. The summed E-state index contributed by atoms with van der Waals surface area (Å²) in [6, 6.07) is 14.8. The maximum Gasteiger partial charge on any atom is 0.174 e. The van der Waals surface area contributed by atoms with E-state index in [1.54, 1.807) is 0 Å². The number of anilines is 1. The van der Waals surface area contributed by atoms with Gasteiger partial charge in [0.25, 0.3) is 0 Å². The molecule has 1 aromatic carbocycles. The molecule has 4 rings (SSSR count). The van der Waals surface area contributed by atoms with Crippen LogP contribution in [0.2, 0.25) is 0 Å². The standard InChI is InChI=1S/C23H25BrN4S/c1-5-27-15(3)13-18(16(27)4)22-21(20-8-6-7-11-25-20)26-23(29)28(22)17-9-10-19(24)14(2)12-17/h6-13,21-22H,5H2,1-4H3,(H,26,29). The number of rotatable bonds is 4. The summed E-state index contributed by atoms with van der Waals surface area (Å²) in [5.74, 6) is 0. The van der Waals surface area contributed by atoms with E-state index in [-0.39, 0.29) is 12.1 Å². The smallest absolute Gasteiger partial charge is 0.174 e. The van der Waals surface area contributed by atoms with Crippen molar-refractivity contribution in [3.63, 3.8) is 0 Å². The molecule has 29 heavy (non-hydrogen) atoms. The highest BCUT2D eigenvalue weighted by Gasteiger charge is 2.42. The fraction of sp³-hybridized carbons (Fsp3) is 0.304. The van der Waals surface area contributed by atoms with Gasteiger partial charge in [0.2, 0.25) is 0 Å². The molecule has 3 aromatic rings. The normalized spacial score (nSPS) is 18.9. The second kappa shape index (κ2) is 7.92. The van der Waals surface area contributed by atoms with E-state index in [2.05, 4.69) is 93.7 Å². The van der Waals surface area contributed by atoms with E-state index in [1.165, 1.54) is 22.5 Å². The summed E-state index contributed by atoms with van der Waals surface area (Å²) >= 11 is 9.45. The maximum absolute atomic E-state index is 5.83. The minimum absolute atomic E-state index is 0.0153. The highest BCUT2D eigenvalue weighted by atomic mass is 79.9. The SMILES string of the molecule is CCn1c(C)cc(C2C(c3ccccn3)NC(=S)N2c2ccc(Br)c(C)c2)c1C. The Hall–Kier alpha value is -2.18. The van der Waals surface area contributed by atoms with E-state index in [9.17, 15) is 0 Å². The summed E-state index contributed by atoms with van der Waals surface area (Å²) in [6.07, 6.45) is 1.85. The van der Waals surface area contributed by atoms with Gasteiger partial charge in [0, 0.05) is 34.3 Å². The number of pyridine rings is 1. The van der Waals surface area contributed by atoms with Crippen molar-refractivity contribution >= 4 is 38.9 Å². The molecule has 0 radical (unpaired) electrons. The molecule has 0 aliphatic carbocycles. The van der Waals surface area contributed by atoms with Crippen molar-refractivity contribution in [2.75, 3.05) is 4.90 Å². The summed E-state index contributed by atoms with van der Waals surface area (Å²) in [5, 5.41) is 4.28. The summed E-state index contributed by atoms with van der Waals surface area (Å²) in [6.45, 7) is 9.62. The van der Waals surface area contributed by atoms with Gasteiger partial charge in [-0.15, -0.1) is 0 Å². The number of hydrogen-bond donors (Lipinski definition) is 1. The predicted molar refractivity (Wildman–Crippen MR) is 126 cm³/mol. The largest absolute Gasteiger partial charge is 0.351 e. The van der Waals surface area contributed by atoms with Gasteiger partial charge in [0.15, 0.2) is 5.11 Å². The third kappa shape index (κ3) is 3.49. The molecule has 4 nitrogen and oxygen atoms in total. The van der Waals surface area contributed by atoms with Gasteiger partial charge >= 0.3 is 0 Å². The Morgan fingerprint density at radius 2 is 1.93 bits per heavy atom. The molecule has 1 saturated heterocycles. The van der Waals surface area contributed by atoms with Gasteiger partial charge in [-0.25, -0.2) is 0 Å². The molecular formula is C23H25BrN4S. The number of benzene rings is 1. The highest BCUT2D eigenvalue weighted by molar-refractivity contribution is 9.10. The first-order chi connectivity index (χ1) is 13.9. The Balaban J connectivity index is 1.89. The number of thiocarbonyl (C=S) groups is 1. The molecular weight excluding hydrogens is 444 g/mol. The van der Waals surface area contributed by atoms with Crippen molar-refractivity contribution in [3.8, 4) is 0 Å². The molecule has 2 aromatic heterocycles. The molecule has 150 valence electrons. The molecule has 1 fully saturated rings. The Morgan fingerprint density at radius 1 is 1.14 bits per heavy atom. The Labute approximate surface area is 186 Å². The van der Waals surface area contributed by atoms with E-state index in [0.717, 1.165) is 27.5 Å². The fourth-order valence-corrected chi connectivity index (χ4v) is 4.93. The average molecular weight is 469 g/mol. The van der Waals surface area contributed by atoms with E-state index in [0.29, 0.717) is 0 Å². The Bertz CT molecular complexity index is 1060. The molecule has 2 unspecified atom stereocenters. The molecule has 6 heteroatoms. The van der Waals surface area contributed by atoms with E-state index in [1.807, 2.05) is 18.3 Å². The average Bonchev–Trinajstić information content (AvgIpc) is 3.20. The van der Waals surface area contributed by atoms with Crippen molar-refractivity contribution in [2.45, 2.75) is 46.3 Å². The second-order valence-electron chi connectivity index (χ2n) is 7.50. The van der Waals surface area contributed by atoms with Crippen molar-refractivity contribution in [3.05, 3.63) is 81.3 Å². The van der Waals surface area contributed by atoms with Crippen LogP contribution in [0.15, 0.2) is 53.1 Å². The van der Waals surface area contributed by atoms with Crippen LogP contribution in [-0.4, -0.2) is 14.7 Å². The number of aromatic nitrogens is 2. The summed E-state index contributed by atoms with van der Waals surface area (Å²) in [4.78, 5) is 6.89. The van der Waals surface area contributed by atoms with Crippen LogP contribution in [0.25, 0.3) is 0 Å².